The number of unbranched alkanes of at least 4 members (excludes halogenated alkanes) is 7. The molecular weight excluding hydrogens is 463 g/mol. The van der Waals surface area contributed by atoms with Gasteiger partial charge in [0.2, 0.25) is 0 Å². The number of hydrogen-bond donors (Lipinski definition) is 2. The summed E-state index contributed by atoms with van der Waals surface area (Å²) in [6, 6.07) is 9.54. The first-order valence-corrected chi connectivity index (χ1v) is 12.6. The normalized spacial score (nSPS) is 14.1. The lowest BCUT2D eigenvalue weighted by Crippen LogP contribution is -2.37. The number of aliphatic hydroxyl groups is 1. The number of carbonyl (C=O) groups is 2. The van der Waals surface area contributed by atoms with Gasteiger partial charge in [0.05, 0.1) is 18.4 Å². The lowest BCUT2D eigenvalue weighted by atomic mass is 10.1. The highest BCUT2D eigenvalue weighted by molar-refractivity contribution is 6.41. The van der Waals surface area contributed by atoms with Crippen LogP contribution in [0.2, 0.25) is 0 Å². The van der Waals surface area contributed by atoms with E-state index in [0.717, 1.165) is 30.2 Å². The lowest BCUT2D eigenvalue weighted by molar-refractivity contribution is -0.112. The molecule has 2 aromatic carbocycles. The summed E-state index contributed by atoms with van der Waals surface area (Å²) in [6.45, 7) is 2.45. The van der Waals surface area contributed by atoms with Crippen molar-refractivity contribution in [2.75, 3.05) is 30.5 Å². The number of imide groups is 1. The predicted molar refractivity (Wildman–Crippen MR) is 139 cm³/mol. The second kappa shape index (κ2) is 13.6. The third kappa shape index (κ3) is 7.07. The summed E-state index contributed by atoms with van der Waals surface area (Å²) in [7, 11) is 1.53. The largest absolute Gasteiger partial charge is 0.509 e. The van der Waals surface area contributed by atoms with Crippen LogP contribution >= 0.6 is 0 Å². The van der Waals surface area contributed by atoms with E-state index < -0.39 is 17.8 Å². The van der Waals surface area contributed by atoms with Crippen molar-refractivity contribution in [3.63, 3.8) is 0 Å². The van der Waals surface area contributed by atoms with E-state index in [9.17, 15) is 19.1 Å². The van der Waals surface area contributed by atoms with Gasteiger partial charge in [-0.3, -0.25) is 4.79 Å². The topological polar surface area (TPSA) is 88.1 Å². The van der Waals surface area contributed by atoms with Crippen LogP contribution in [0.3, 0.4) is 0 Å². The lowest BCUT2D eigenvalue weighted by Gasteiger charge is -2.16. The molecule has 0 saturated carbocycles. The molecule has 2 aromatic rings. The zero-order valence-corrected chi connectivity index (χ0v) is 21.0. The Morgan fingerprint density at radius 2 is 1.67 bits per heavy atom. The SMILES string of the molecule is CCCCCCCCCCOCC(O)=C1C(=O)N(C(=O)Nc2ccc(OC)cc2)c2ccc(F)cc21. The molecule has 0 aromatic heterocycles. The van der Waals surface area contributed by atoms with E-state index in [4.69, 9.17) is 9.47 Å². The molecule has 0 aliphatic carbocycles. The van der Waals surface area contributed by atoms with Crippen molar-refractivity contribution in [3.05, 3.63) is 59.6 Å². The molecule has 1 aliphatic heterocycles. The number of aliphatic hydroxyl groups excluding tert-OH is 1. The van der Waals surface area contributed by atoms with Gasteiger partial charge in [0, 0.05) is 17.9 Å². The van der Waals surface area contributed by atoms with Crippen LogP contribution in [0.5, 0.6) is 5.75 Å². The van der Waals surface area contributed by atoms with Gasteiger partial charge in [0.1, 0.15) is 23.9 Å². The average molecular weight is 499 g/mol. The smallest absolute Gasteiger partial charge is 0.333 e. The van der Waals surface area contributed by atoms with Gasteiger partial charge in [-0.1, -0.05) is 51.9 Å². The van der Waals surface area contributed by atoms with E-state index in [2.05, 4.69) is 12.2 Å². The zero-order chi connectivity index (χ0) is 25.9. The van der Waals surface area contributed by atoms with Crippen LogP contribution in [-0.2, 0) is 9.53 Å². The molecule has 0 unspecified atom stereocenters. The Labute approximate surface area is 211 Å². The van der Waals surface area contributed by atoms with Crippen LogP contribution in [0.1, 0.15) is 63.9 Å². The number of benzene rings is 2. The number of nitrogens with zero attached hydrogens (tertiary/aromatic N) is 1. The number of rotatable bonds is 13. The number of hydrogen-bond acceptors (Lipinski definition) is 5. The minimum Gasteiger partial charge on any atom is -0.509 e. The number of methoxy groups -OCH3 is 1. The first-order valence-electron chi connectivity index (χ1n) is 12.6. The Kier molecular flexibility index (Phi) is 10.3. The van der Waals surface area contributed by atoms with Crippen molar-refractivity contribution >= 4 is 28.9 Å². The Hall–Kier alpha value is -3.39. The number of anilines is 2. The van der Waals surface area contributed by atoms with E-state index in [-0.39, 0.29) is 29.2 Å². The van der Waals surface area contributed by atoms with Gasteiger partial charge < -0.3 is 19.9 Å². The molecule has 8 heteroatoms. The van der Waals surface area contributed by atoms with Crippen LogP contribution in [0.4, 0.5) is 20.6 Å². The molecule has 194 valence electrons. The zero-order valence-electron chi connectivity index (χ0n) is 21.0. The Morgan fingerprint density at radius 3 is 2.33 bits per heavy atom. The third-order valence-electron chi connectivity index (χ3n) is 6.10. The fourth-order valence-corrected chi connectivity index (χ4v) is 4.15. The molecule has 0 spiro atoms. The summed E-state index contributed by atoms with van der Waals surface area (Å²) < 4.78 is 24.7. The summed E-state index contributed by atoms with van der Waals surface area (Å²) in [5.74, 6) is -1.03. The van der Waals surface area contributed by atoms with Crippen molar-refractivity contribution in [1.82, 2.24) is 0 Å². The minimum absolute atomic E-state index is 0.134. The standard InChI is InChI=1S/C28H35FN2O5/c1-3-4-5-6-7-8-9-10-17-36-19-25(32)26-23-18-20(29)11-16-24(23)31(27(26)33)28(34)30-21-12-14-22(35-2)15-13-21/h11-16,18,32H,3-10,17,19H2,1-2H3,(H,30,34). The van der Waals surface area contributed by atoms with Gasteiger partial charge in [0.25, 0.3) is 5.91 Å². The maximum Gasteiger partial charge on any atom is 0.333 e. The van der Waals surface area contributed by atoms with E-state index in [1.165, 1.54) is 51.3 Å². The molecule has 3 rings (SSSR count). The second-order valence-corrected chi connectivity index (χ2v) is 8.81. The molecule has 1 aliphatic rings. The molecule has 0 bridgehead atoms. The highest BCUT2D eigenvalue weighted by Gasteiger charge is 2.39. The van der Waals surface area contributed by atoms with E-state index in [1.54, 1.807) is 24.3 Å². The summed E-state index contributed by atoms with van der Waals surface area (Å²) in [5, 5.41) is 13.3. The number of halogens is 1. The van der Waals surface area contributed by atoms with Crippen LogP contribution in [0.25, 0.3) is 5.57 Å². The summed E-state index contributed by atoms with van der Waals surface area (Å²) >= 11 is 0. The molecule has 36 heavy (non-hydrogen) atoms. The second-order valence-electron chi connectivity index (χ2n) is 8.81. The summed E-state index contributed by atoms with van der Waals surface area (Å²) in [6.07, 6.45) is 9.29. The molecule has 0 fully saturated rings. The first kappa shape index (κ1) is 27.2. The molecule has 0 atom stereocenters. The van der Waals surface area contributed by atoms with Crippen LogP contribution in [0.15, 0.2) is 48.2 Å². The van der Waals surface area contributed by atoms with Gasteiger partial charge in [-0.2, -0.15) is 0 Å². The minimum atomic E-state index is -0.741. The third-order valence-corrected chi connectivity index (χ3v) is 6.10. The van der Waals surface area contributed by atoms with Gasteiger partial charge in [-0.05, 0) is 48.9 Å². The molecule has 3 amide bonds. The fraction of sp³-hybridized carbons (Fsp3) is 0.429. The van der Waals surface area contributed by atoms with E-state index in [1.807, 2.05) is 0 Å². The predicted octanol–water partition coefficient (Wildman–Crippen LogP) is 6.84. The molecular formula is C28H35FN2O5. The van der Waals surface area contributed by atoms with E-state index >= 15 is 0 Å². The maximum atomic E-state index is 14.0. The van der Waals surface area contributed by atoms with Crippen molar-refractivity contribution < 1.29 is 28.6 Å². The summed E-state index contributed by atoms with van der Waals surface area (Å²) in [4.78, 5) is 27.0. The molecule has 0 radical (unpaired) electrons. The number of nitrogens with one attached hydrogen (secondary N) is 1. The molecule has 0 saturated heterocycles. The monoisotopic (exact) mass is 498 g/mol. The van der Waals surface area contributed by atoms with Crippen molar-refractivity contribution in [1.29, 1.82) is 0 Å². The first-order chi connectivity index (χ1) is 17.5. The highest BCUT2D eigenvalue weighted by Crippen LogP contribution is 2.39. The average Bonchev–Trinajstić information content (AvgIpc) is 3.16. The van der Waals surface area contributed by atoms with Gasteiger partial charge >= 0.3 is 6.03 Å². The van der Waals surface area contributed by atoms with Crippen LogP contribution in [0, 0.1) is 5.82 Å². The quantitative estimate of drug-likeness (QED) is 0.179. The van der Waals surface area contributed by atoms with Crippen LogP contribution in [-0.4, -0.2) is 37.4 Å². The summed E-state index contributed by atoms with van der Waals surface area (Å²) in [5.41, 5.74) is 0.660. The Balaban J connectivity index is 1.62. The number of ether oxygens (including phenoxy) is 2. The highest BCUT2D eigenvalue weighted by atomic mass is 19.1. The Bertz CT molecular complexity index is 1070. The number of fused-ring (bicyclic) bond motifs is 1. The fourth-order valence-electron chi connectivity index (χ4n) is 4.15. The van der Waals surface area contributed by atoms with Crippen molar-refractivity contribution in [2.24, 2.45) is 0 Å². The number of amides is 3. The van der Waals surface area contributed by atoms with Gasteiger partial charge in [-0.25, -0.2) is 14.1 Å². The van der Waals surface area contributed by atoms with Crippen molar-refractivity contribution in [3.8, 4) is 5.75 Å². The van der Waals surface area contributed by atoms with Crippen LogP contribution < -0.4 is 15.0 Å². The number of urea groups is 1. The van der Waals surface area contributed by atoms with E-state index in [0.29, 0.717) is 18.0 Å². The molecule has 1 heterocycles. The Morgan fingerprint density at radius 1 is 1.00 bits per heavy atom. The molecule has 7 nitrogen and oxygen atoms in total. The van der Waals surface area contributed by atoms with Gasteiger partial charge in [0.15, 0.2) is 0 Å². The maximum absolute atomic E-state index is 14.0. The van der Waals surface area contributed by atoms with Crippen molar-refractivity contribution in [2.45, 2.75) is 58.3 Å². The number of carbonyl (C=O) groups excluding carboxylic acids is 2. The van der Waals surface area contributed by atoms with Gasteiger partial charge in [-0.15, -0.1) is 0 Å². The molecule has 2 N–H and O–H groups in total.